The van der Waals surface area contributed by atoms with Gasteiger partial charge in [0.25, 0.3) is 0 Å². The van der Waals surface area contributed by atoms with E-state index in [0.29, 0.717) is 12.6 Å². The van der Waals surface area contributed by atoms with Crippen molar-refractivity contribution < 1.29 is 9.47 Å². The molecule has 0 aromatic heterocycles. The summed E-state index contributed by atoms with van der Waals surface area (Å²) in [4.78, 5) is 0. The maximum atomic E-state index is 5.90. The van der Waals surface area contributed by atoms with Gasteiger partial charge in [0.05, 0.1) is 7.11 Å². The second-order valence-electron chi connectivity index (χ2n) is 5.91. The quantitative estimate of drug-likeness (QED) is 0.767. The molecular formula is C18H27NO2. The molecule has 0 heterocycles. The lowest BCUT2D eigenvalue weighted by atomic mass is 9.95. The van der Waals surface area contributed by atoms with Crippen molar-refractivity contribution in [3.63, 3.8) is 0 Å². The monoisotopic (exact) mass is 289 g/mol. The summed E-state index contributed by atoms with van der Waals surface area (Å²) in [7, 11) is 1.68. The number of rotatable bonds is 7. The van der Waals surface area contributed by atoms with E-state index in [1.807, 2.05) is 19.1 Å². The smallest absolute Gasteiger partial charge is 0.166 e. The molecule has 0 radical (unpaired) electrons. The van der Waals surface area contributed by atoms with E-state index in [1.54, 1.807) is 7.11 Å². The number of hydrogen-bond acceptors (Lipinski definition) is 3. The van der Waals surface area contributed by atoms with Gasteiger partial charge in [0.15, 0.2) is 11.5 Å². The molecule has 1 aliphatic carbocycles. The predicted molar refractivity (Wildman–Crippen MR) is 87.0 cm³/mol. The minimum absolute atomic E-state index is 0.525. The van der Waals surface area contributed by atoms with Gasteiger partial charge in [-0.3, -0.25) is 0 Å². The molecule has 1 fully saturated rings. The van der Waals surface area contributed by atoms with Gasteiger partial charge in [-0.2, -0.15) is 0 Å². The molecule has 21 heavy (non-hydrogen) atoms. The highest BCUT2D eigenvalue weighted by Crippen LogP contribution is 2.31. The Hall–Kier alpha value is -1.48. The fraction of sp³-hybridized carbons (Fsp3) is 0.556. The van der Waals surface area contributed by atoms with Gasteiger partial charge in [-0.25, -0.2) is 0 Å². The van der Waals surface area contributed by atoms with Crippen molar-refractivity contribution in [3.05, 3.63) is 35.9 Å². The second-order valence-corrected chi connectivity index (χ2v) is 5.91. The zero-order valence-corrected chi connectivity index (χ0v) is 13.3. The van der Waals surface area contributed by atoms with Crippen LogP contribution in [0.2, 0.25) is 0 Å². The molecule has 1 N–H and O–H groups in total. The molecule has 0 spiro atoms. The van der Waals surface area contributed by atoms with Crippen molar-refractivity contribution in [2.75, 3.05) is 13.7 Å². The highest BCUT2D eigenvalue weighted by molar-refractivity contribution is 5.46. The summed E-state index contributed by atoms with van der Waals surface area (Å²) in [6.45, 7) is 7.21. The van der Waals surface area contributed by atoms with E-state index in [9.17, 15) is 0 Å². The number of nitrogens with one attached hydrogen (secondary N) is 1. The number of methoxy groups -OCH3 is 1. The van der Waals surface area contributed by atoms with E-state index in [2.05, 4.69) is 18.0 Å². The molecule has 1 saturated carbocycles. The summed E-state index contributed by atoms with van der Waals surface area (Å²) < 4.78 is 11.3. The molecule has 0 unspecified atom stereocenters. The third-order valence-electron chi connectivity index (χ3n) is 3.93. The first-order valence-electron chi connectivity index (χ1n) is 7.87. The zero-order chi connectivity index (χ0) is 15.1. The van der Waals surface area contributed by atoms with Crippen molar-refractivity contribution in [3.8, 4) is 11.5 Å². The number of para-hydroxylation sites is 1. The Morgan fingerprint density at radius 3 is 2.71 bits per heavy atom. The Kier molecular flexibility index (Phi) is 6.12. The highest BCUT2D eigenvalue weighted by atomic mass is 16.5. The summed E-state index contributed by atoms with van der Waals surface area (Å²) in [5.74, 6) is 1.63. The number of hydrogen-bond donors (Lipinski definition) is 1. The molecule has 3 nitrogen and oxygen atoms in total. The molecule has 0 amide bonds. The van der Waals surface area contributed by atoms with E-state index in [1.165, 1.54) is 32.1 Å². The molecule has 116 valence electrons. The maximum Gasteiger partial charge on any atom is 0.166 e. The molecule has 0 bridgehead atoms. The van der Waals surface area contributed by atoms with Crippen LogP contribution < -0.4 is 14.8 Å². The minimum Gasteiger partial charge on any atom is -0.493 e. The summed E-state index contributed by atoms with van der Waals surface area (Å²) in [6, 6.07) is 6.70. The largest absolute Gasteiger partial charge is 0.493 e. The predicted octanol–water partition coefficient (Wildman–Crippen LogP) is 4.07. The standard InChI is InChI=1S/C18H27NO2/c1-14(2)13-21-18-15(8-7-11-17(18)20-3)12-19-16-9-5-4-6-10-16/h7-8,11,16,19H,1,4-6,9-10,12-13H2,2-3H3. The third kappa shape index (κ3) is 4.78. The van der Waals surface area contributed by atoms with Crippen LogP contribution in [-0.2, 0) is 6.54 Å². The summed E-state index contributed by atoms with van der Waals surface area (Å²) in [6.07, 6.45) is 6.63. The van der Waals surface area contributed by atoms with Gasteiger partial charge in [0.2, 0.25) is 0 Å². The van der Waals surface area contributed by atoms with Crippen LogP contribution in [0.25, 0.3) is 0 Å². The Bertz CT molecular complexity index is 464. The Morgan fingerprint density at radius 2 is 2.05 bits per heavy atom. The fourth-order valence-electron chi connectivity index (χ4n) is 2.78. The first-order valence-corrected chi connectivity index (χ1v) is 7.87. The first-order chi connectivity index (χ1) is 10.2. The Balaban J connectivity index is 2.03. The van der Waals surface area contributed by atoms with E-state index in [0.717, 1.165) is 29.2 Å². The average Bonchev–Trinajstić information content (AvgIpc) is 2.51. The van der Waals surface area contributed by atoms with Crippen LogP contribution in [0, 0.1) is 0 Å². The van der Waals surface area contributed by atoms with E-state index in [-0.39, 0.29) is 0 Å². The van der Waals surface area contributed by atoms with Crippen LogP contribution in [0.3, 0.4) is 0 Å². The third-order valence-corrected chi connectivity index (χ3v) is 3.93. The maximum absolute atomic E-state index is 5.90. The summed E-state index contributed by atoms with van der Waals surface area (Å²) in [5, 5.41) is 3.66. The Labute approximate surface area is 128 Å². The molecule has 1 aliphatic rings. The summed E-state index contributed by atoms with van der Waals surface area (Å²) >= 11 is 0. The average molecular weight is 289 g/mol. The minimum atomic E-state index is 0.525. The zero-order valence-electron chi connectivity index (χ0n) is 13.3. The molecule has 3 heteroatoms. The fourth-order valence-corrected chi connectivity index (χ4v) is 2.78. The normalized spacial score (nSPS) is 15.7. The van der Waals surface area contributed by atoms with Crippen LogP contribution in [0.4, 0.5) is 0 Å². The Morgan fingerprint density at radius 1 is 1.29 bits per heavy atom. The van der Waals surface area contributed by atoms with Gasteiger partial charge >= 0.3 is 0 Å². The summed E-state index contributed by atoms with van der Waals surface area (Å²) in [5.41, 5.74) is 2.16. The van der Waals surface area contributed by atoms with Crippen LogP contribution in [0.15, 0.2) is 30.4 Å². The topological polar surface area (TPSA) is 30.5 Å². The highest BCUT2D eigenvalue weighted by Gasteiger charge is 2.15. The molecule has 0 aliphatic heterocycles. The van der Waals surface area contributed by atoms with Crippen molar-refractivity contribution in [1.29, 1.82) is 0 Å². The van der Waals surface area contributed by atoms with E-state index < -0.39 is 0 Å². The van der Waals surface area contributed by atoms with Crippen LogP contribution in [-0.4, -0.2) is 19.8 Å². The van der Waals surface area contributed by atoms with Crippen molar-refractivity contribution in [2.24, 2.45) is 0 Å². The number of benzene rings is 1. The second kappa shape index (κ2) is 8.08. The lowest BCUT2D eigenvalue weighted by molar-refractivity contribution is 0.312. The van der Waals surface area contributed by atoms with Crippen molar-refractivity contribution >= 4 is 0 Å². The van der Waals surface area contributed by atoms with Crippen molar-refractivity contribution in [2.45, 2.75) is 51.6 Å². The number of ether oxygens (including phenoxy) is 2. The van der Waals surface area contributed by atoms with Crippen LogP contribution >= 0.6 is 0 Å². The molecule has 1 aromatic carbocycles. The van der Waals surface area contributed by atoms with E-state index in [4.69, 9.17) is 9.47 Å². The molecule has 1 aromatic rings. The van der Waals surface area contributed by atoms with Crippen molar-refractivity contribution in [1.82, 2.24) is 5.32 Å². The van der Waals surface area contributed by atoms with Crippen LogP contribution in [0.1, 0.15) is 44.6 Å². The van der Waals surface area contributed by atoms with Gasteiger partial charge in [-0.15, -0.1) is 0 Å². The first kappa shape index (κ1) is 15.9. The molecule has 0 atom stereocenters. The van der Waals surface area contributed by atoms with Gasteiger partial charge in [0, 0.05) is 18.2 Å². The van der Waals surface area contributed by atoms with Gasteiger partial charge in [-0.05, 0) is 31.4 Å². The lowest BCUT2D eigenvalue weighted by Gasteiger charge is -2.24. The molecular weight excluding hydrogens is 262 g/mol. The van der Waals surface area contributed by atoms with Gasteiger partial charge < -0.3 is 14.8 Å². The molecule has 2 rings (SSSR count). The van der Waals surface area contributed by atoms with E-state index >= 15 is 0 Å². The SMILES string of the molecule is C=C(C)COc1c(CNC2CCCCC2)cccc1OC. The van der Waals surface area contributed by atoms with Gasteiger partial charge in [0.1, 0.15) is 6.61 Å². The van der Waals surface area contributed by atoms with Crippen LogP contribution in [0.5, 0.6) is 11.5 Å². The molecule has 0 saturated heterocycles. The lowest BCUT2D eigenvalue weighted by Crippen LogP contribution is -2.30. The van der Waals surface area contributed by atoms with Gasteiger partial charge in [-0.1, -0.05) is 38.0 Å².